The number of methoxy groups -OCH3 is 3. The Hall–Kier alpha value is -5.08. The van der Waals surface area contributed by atoms with E-state index in [2.05, 4.69) is 15.5 Å². The summed E-state index contributed by atoms with van der Waals surface area (Å²) in [4.78, 5) is 27.6. The van der Waals surface area contributed by atoms with Crippen LogP contribution in [-0.4, -0.2) is 64.4 Å². The zero-order valence-electron chi connectivity index (χ0n) is 25.2. The molecular weight excluding hydrogens is 629 g/mol. The predicted molar refractivity (Wildman–Crippen MR) is 173 cm³/mol. The SMILES string of the molecule is COc1ccccc1-n1c(CNC(=O)c2ccco2)nnc1SCC(=O)N1N=C(c2cccs2)CC1c1cccc(OC)c1OC. The van der Waals surface area contributed by atoms with E-state index >= 15 is 0 Å². The molecule has 0 saturated carbocycles. The number of benzene rings is 2. The molecule has 5 aromatic rings. The van der Waals surface area contributed by atoms with Gasteiger partial charge in [-0.25, -0.2) is 5.01 Å². The molecule has 2 amide bonds. The second-order valence-corrected chi connectivity index (χ2v) is 11.8. The molecule has 0 bridgehead atoms. The molecule has 1 unspecified atom stereocenters. The molecule has 1 N–H and O–H groups in total. The van der Waals surface area contributed by atoms with Crippen molar-refractivity contribution in [2.45, 2.75) is 24.2 Å². The van der Waals surface area contributed by atoms with Crippen LogP contribution in [0.25, 0.3) is 5.69 Å². The number of aromatic nitrogens is 3. The second-order valence-electron chi connectivity index (χ2n) is 9.92. The molecule has 0 saturated heterocycles. The van der Waals surface area contributed by atoms with Crippen molar-refractivity contribution in [1.29, 1.82) is 0 Å². The third kappa shape index (κ3) is 6.21. The number of ether oxygens (including phenoxy) is 3. The minimum atomic E-state index is -0.408. The van der Waals surface area contributed by atoms with E-state index in [0.29, 0.717) is 40.3 Å². The molecule has 46 heavy (non-hydrogen) atoms. The highest BCUT2D eigenvalue weighted by atomic mass is 32.2. The largest absolute Gasteiger partial charge is 0.495 e. The van der Waals surface area contributed by atoms with Gasteiger partial charge in [-0.1, -0.05) is 42.1 Å². The number of hydrazone groups is 1. The molecule has 3 aromatic heterocycles. The first-order valence-electron chi connectivity index (χ1n) is 14.2. The standard InChI is InChI=1S/C32H30N6O6S2/c1-41-24-11-5-4-10-22(24)37-28(18-33-31(40)26-13-7-15-44-26)34-35-32(37)46-19-29(39)38-23(17-21(36-38)27-14-8-16-45-27)20-9-6-12-25(42-2)30(20)43-3/h4-16,23H,17-19H2,1-3H3,(H,33,40). The van der Waals surface area contributed by atoms with Gasteiger partial charge >= 0.3 is 0 Å². The average molecular weight is 659 g/mol. The van der Waals surface area contributed by atoms with Crippen molar-refractivity contribution in [1.82, 2.24) is 25.1 Å². The van der Waals surface area contributed by atoms with Crippen molar-refractivity contribution in [2.24, 2.45) is 5.10 Å². The highest BCUT2D eigenvalue weighted by Gasteiger charge is 2.36. The van der Waals surface area contributed by atoms with Crippen LogP contribution in [0.1, 0.15) is 39.3 Å². The molecule has 4 heterocycles. The van der Waals surface area contributed by atoms with E-state index in [9.17, 15) is 9.59 Å². The van der Waals surface area contributed by atoms with Gasteiger partial charge in [0.2, 0.25) is 0 Å². The number of furan rings is 1. The van der Waals surface area contributed by atoms with Crippen LogP contribution in [0.5, 0.6) is 17.2 Å². The van der Waals surface area contributed by atoms with Crippen LogP contribution in [0.3, 0.4) is 0 Å². The Bertz CT molecular complexity index is 1850. The van der Waals surface area contributed by atoms with E-state index in [0.717, 1.165) is 16.2 Å². The summed E-state index contributed by atoms with van der Waals surface area (Å²) in [5.74, 6) is 1.71. The first kappa shape index (κ1) is 30.9. The molecule has 1 aliphatic heterocycles. The van der Waals surface area contributed by atoms with Gasteiger partial charge in [0.05, 0.1) is 62.2 Å². The van der Waals surface area contributed by atoms with Crippen molar-refractivity contribution in [2.75, 3.05) is 27.1 Å². The summed E-state index contributed by atoms with van der Waals surface area (Å²) in [6.45, 7) is 0.0530. The molecule has 14 heteroatoms. The van der Waals surface area contributed by atoms with Crippen molar-refractivity contribution >= 4 is 40.6 Å². The molecule has 0 fully saturated rings. The van der Waals surface area contributed by atoms with Gasteiger partial charge in [-0.05, 0) is 41.8 Å². The highest BCUT2D eigenvalue weighted by Crippen LogP contribution is 2.42. The lowest BCUT2D eigenvalue weighted by Gasteiger charge is -2.24. The minimum absolute atomic E-state index is 0.00996. The number of hydrogen-bond acceptors (Lipinski definition) is 11. The molecular formula is C32H30N6O6S2. The predicted octanol–water partition coefficient (Wildman–Crippen LogP) is 5.35. The van der Waals surface area contributed by atoms with Crippen molar-refractivity contribution in [3.63, 3.8) is 0 Å². The topological polar surface area (TPSA) is 133 Å². The highest BCUT2D eigenvalue weighted by molar-refractivity contribution is 7.99. The Balaban J connectivity index is 1.29. The summed E-state index contributed by atoms with van der Waals surface area (Å²) in [7, 11) is 4.73. The Morgan fingerprint density at radius 2 is 1.80 bits per heavy atom. The second kappa shape index (κ2) is 13.9. The Morgan fingerprint density at radius 1 is 0.978 bits per heavy atom. The van der Waals surface area contributed by atoms with E-state index in [1.165, 1.54) is 23.0 Å². The number of carbonyl (C=O) groups is 2. The number of thiophene rings is 1. The summed E-state index contributed by atoms with van der Waals surface area (Å²) < 4.78 is 23.9. The first-order valence-corrected chi connectivity index (χ1v) is 16.0. The van der Waals surface area contributed by atoms with Crippen molar-refractivity contribution < 1.29 is 28.2 Å². The van der Waals surface area contributed by atoms with Gasteiger partial charge in [-0.15, -0.1) is 21.5 Å². The van der Waals surface area contributed by atoms with Gasteiger partial charge in [0.1, 0.15) is 5.75 Å². The van der Waals surface area contributed by atoms with Crippen molar-refractivity contribution in [3.05, 3.63) is 100 Å². The van der Waals surface area contributed by atoms with Gasteiger partial charge in [-0.3, -0.25) is 14.2 Å². The van der Waals surface area contributed by atoms with Crippen LogP contribution in [0.2, 0.25) is 0 Å². The number of thioether (sulfide) groups is 1. The Kier molecular flexibility index (Phi) is 9.36. The zero-order valence-corrected chi connectivity index (χ0v) is 26.8. The van der Waals surface area contributed by atoms with Crippen LogP contribution < -0.4 is 19.5 Å². The summed E-state index contributed by atoms with van der Waals surface area (Å²) in [5, 5.41) is 20.3. The summed E-state index contributed by atoms with van der Waals surface area (Å²) >= 11 is 2.78. The fraction of sp³-hybridized carbons (Fsp3) is 0.219. The molecule has 1 atom stereocenters. The molecule has 0 spiro atoms. The van der Waals surface area contributed by atoms with E-state index in [1.54, 1.807) is 49.4 Å². The maximum absolute atomic E-state index is 14.0. The van der Waals surface area contributed by atoms with Crippen LogP contribution >= 0.6 is 23.1 Å². The lowest BCUT2D eigenvalue weighted by molar-refractivity contribution is -0.130. The Labute approximate surface area is 273 Å². The van der Waals surface area contributed by atoms with E-state index in [4.69, 9.17) is 23.7 Å². The maximum atomic E-state index is 14.0. The van der Waals surface area contributed by atoms with Crippen LogP contribution in [0, 0.1) is 0 Å². The van der Waals surface area contributed by atoms with Gasteiger partial charge in [-0.2, -0.15) is 5.10 Å². The van der Waals surface area contributed by atoms with Gasteiger partial charge in [0, 0.05) is 12.0 Å². The number of nitrogens with one attached hydrogen (secondary N) is 1. The first-order chi connectivity index (χ1) is 22.5. The minimum Gasteiger partial charge on any atom is -0.495 e. The fourth-order valence-corrected chi connectivity index (χ4v) is 6.70. The quantitative estimate of drug-likeness (QED) is 0.176. The van der Waals surface area contributed by atoms with Gasteiger partial charge in [0.25, 0.3) is 11.8 Å². The number of hydrogen-bond donors (Lipinski definition) is 1. The van der Waals surface area contributed by atoms with Gasteiger partial charge < -0.3 is 23.9 Å². The van der Waals surface area contributed by atoms with E-state index in [1.807, 2.05) is 60.0 Å². The fourth-order valence-electron chi connectivity index (χ4n) is 5.16. The van der Waals surface area contributed by atoms with Crippen LogP contribution in [0.4, 0.5) is 0 Å². The lowest BCUT2D eigenvalue weighted by atomic mass is 9.99. The average Bonchev–Trinajstić information content (AvgIpc) is 3.92. The molecule has 2 aromatic carbocycles. The molecule has 6 rings (SSSR count). The third-order valence-electron chi connectivity index (χ3n) is 7.27. The molecule has 12 nitrogen and oxygen atoms in total. The Morgan fingerprint density at radius 3 is 2.54 bits per heavy atom. The normalized spacial score (nSPS) is 14.2. The molecule has 0 radical (unpaired) electrons. The smallest absolute Gasteiger partial charge is 0.287 e. The number of amides is 2. The molecule has 236 valence electrons. The van der Waals surface area contributed by atoms with Crippen LogP contribution in [0.15, 0.2) is 93.0 Å². The van der Waals surface area contributed by atoms with E-state index in [-0.39, 0.29) is 24.0 Å². The number of carbonyl (C=O) groups excluding carboxylic acids is 2. The number of nitrogens with zero attached hydrogens (tertiary/aromatic N) is 5. The zero-order chi connectivity index (χ0) is 32.0. The van der Waals surface area contributed by atoms with Crippen molar-refractivity contribution in [3.8, 4) is 22.9 Å². The lowest BCUT2D eigenvalue weighted by Crippen LogP contribution is -2.29. The maximum Gasteiger partial charge on any atom is 0.287 e. The van der Waals surface area contributed by atoms with Crippen LogP contribution in [-0.2, 0) is 11.3 Å². The molecule has 1 aliphatic rings. The summed E-state index contributed by atoms with van der Waals surface area (Å²) in [6, 6.07) is 19.8. The molecule has 0 aliphatic carbocycles. The number of para-hydroxylation sites is 3. The van der Waals surface area contributed by atoms with E-state index < -0.39 is 11.9 Å². The third-order valence-corrected chi connectivity index (χ3v) is 9.10. The monoisotopic (exact) mass is 658 g/mol. The summed E-state index contributed by atoms with van der Waals surface area (Å²) in [6.07, 6.45) is 1.94. The summed E-state index contributed by atoms with van der Waals surface area (Å²) in [5.41, 5.74) is 2.27. The number of rotatable bonds is 12. The van der Waals surface area contributed by atoms with Gasteiger partial charge in [0.15, 0.2) is 28.2 Å².